The monoisotopic (exact) mass is 273 g/mol. The van der Waals surface area contributed by atoms with Gasteiger partial charge >= 0.3 is 0 Å². The Bertz CT molecular complexity index is 633. The van der Waals surface area contributed by atoms with Crippen LogP contribution in [-0.4, -0.2) is 41.1 Å². The molecule has 1 fully saturated rings. The van der Waals surface area contributed by atoms with Gasteiger partial charge in [0.25, 0.3) is 0 Å². The maximum absolute atomic E-state index is 12.5. The molecule has 1 aliphatic rings. The number of para-hydroxylation sites is 1. The Morgan fingerprint density at radius 2 is 2.25 bits per heavy atom. The zero-order chi connectivity index (χ0) is 14.2. The van der Waals surface area contributed by atoms with Gasteiger partial charge in [0, 0.05) is 30.6 Å². The molecule has 0 atom stereocenters. The van der Waals surface area contributed by atoms with Gasteiger partial charge in [-0.3, -0.25) is 4.79 Å². The van der Waals surface area contributed by atoms with Crippen molar-refractivity contribution in [2.24, 2.45) is 0 Å². The summed E-state index contributed by atoms with van der Waals surface area (Å²) < 4.78 is 5.26. The summed E-state index contributed by atoms with van der Waals surface area (Å²) in [6.45, 7) is 6.56. The van der Waals surface area contributed by atoms with Crippen molar-refractivity contribution in [2.45, 2.75) is 25.8 Å². The van der Waals surface area contributed by atoms with Crippen molar-refractivity contribution in [3.63, 3.8) is 0 Å². The highest BCUT2D eigenvalue weighted by Crippen LogP contribution is 2.21. The minimum Gasteiger partial charge on any atom is -0.356 e. The van der Waals surface area contributed by atoms with Crippen LogP contribution in [0.1, 0.15) is 19.5 Å². The summed E-state index contributed by atoms with van der Waals surface area (Å²) in [4.78, 5) is 14.5. The molecular weight excluding hydrogens is 254 g/mol. The van der Waals surface area contributed by atoms with Gasteiger partial charge in [-0.15, -0.1) is 0 Å². The van der Waals surface area contributed by atoms with E-state index in [1.807, 2.05) is 29.2 Å². The molecule has 0 saturated carbocycles. The second-order valence-corrected chi connectivity index (χ2v) is 5.84. The molecule has 0 unspecified atom stereocenters. The summed E-state index contributed by atoms with van der Waals surface area (Å²) in [6, 6.07) is 7.64. The molecular formula is C15H19N3O2. The quantitative estimate of drug-likeness (QED) is 0.902. The van der Waals surface area contributed by atoms with Crippen LogP contribution in [-0.2, 0) is 11.2 Å². The lowest BCUT2D eigenvalue weighted by atomic mass is 9.99. The molecule has 1 aliphatic heterocycles. The van der Waals surface area contributed by atoms with E-state index in [1.165, 1.54) is 0 Å². The normalized spacial score (nSPS) is 18.4. The highest BCUT2D eigenvalue weighted by molar-refractivity contribution is 5.86. The lowest BCUT2D eigenvalue weighted by Crippen LogP contribution is -2.60. The summed E-state index contributed by atoms with van der Waals surface area (Å²) >= 11 is 0. The third-order valence-electron chi connectivity index (χ3n) is 3.87. The second kappa shape index (κ2) is 4.90. The average molecular weight is 273 g/mol. The largest absolute Gasteiger partial charge is 0.356 e. The first-order valence-electron chi connectivity index (χ1n) is 6.92. The fourth-order valence-corrected chi connectivity index (χ4v) is 2.75. The van der Waals surface area contributed by atoms with Crippen molar-refractivity contribution in [1.29, 1.82) is 0 Å². The maximum atomic E-state index is 12.5. The molecule has 0 aliphatic carbocycles. The lowest BCUT2D eigenvalue weighted by Gasteiger charge is -2.42. The number of fused-ring (bicyclic) bond motifs is 1. The Balaban J connectivity index is 1.82. The van der Waals surface area contributed by atoms with Gasteiger partial charge in [-0.1, -0.05) is 17.3 Å². The molecule has 1 N–H and O–H groups in total. The van der Waals surface area contributed by atoms with E-state index in [2.05, 4.69) is 24.3 Å². The van der Waals surface area contributed by atoms with Crippen molar-refractivity contribution in [2.75, 3.05) is 19.6 Å². The van der Waals surface area contributed by atoms with E-state index in [-0.39, 0.29) is 11.4 Å². The molecule has 2 aromatic rings. The zero-order valence-corrected chi connectivity index (χ0v) is 11.8. The molecule has 106 valence electrons. The van der Waals surface area contributed by atoms with Gasteiger partial charge in [0.05, 0.1) is 6.42 Å². The minimum atomic E-state index is -0.158. The first-order valence-corrected chi connectivity index (χ1v) is 6.92. The Morgan fingerprint density at radius 1 is 1.45 bits per heavy atom. The number of piperazine rings is 1. The molecule has 1 aromatic carbocycles. The number of hydrogen-bond donors (Lipinski definition) is 1. The Hall–Kier alpha value is -1.88. The van der Waals surface area contributed by atoms with E-state index in [1.54, 1.807) is 0 Å². The molecule has 5 heteroatoms. The van der Waals surface area contributed by atoms with Crippen LogP contribution in [0.15, 0.2) is 28.8 Å². The van der Waals surface area contributed by atoms with E-state index in [0.717, 1.165) is 36.3 Å². The van der Waals surface area contributed by atoms with Crippen LogP contribution >= 0.6 is 0 Å². The maximum Gasteiger partial charge on any atom is 0.229 e. The average Bonchev–Trinajstić information content (AvgIpc) is 2.81. The van der Waals surface area contributed by atoms with Crippen molar-refractivity contribution >= 4 is 16.9 Å². The summed E-state index contributed by atoms with van der Waals surface area (Å²) in [6.07, 6.45) is 0.292. The second-order valence-electron chi connectivity index (χ2n) is 5.84. The summed E-state index contributed by atoms with van der Waals surface area (Å²) in [5.74, 6) is 0.107. The predicted octanol–water partition coefficient (Wildman–Crippen LogP) is 1.58. The van der Waals surface area contributed by atoms with Crippen LogP contribution in [0.5, 0.6) is 0 Å². The Morgan fingerprint density at radius 3 is 3.05 bits per heavy atom. The molecule has 1 aromatic heterocycles. The van der Waals surface area contributed by atoms with Crippen molar-refractivity contribution in [3.8, 4) is 0 Å². The molecule has 1 amide bonds. The van der Waals surface area contributed by atoms with E-state index in [0.29, 0.717) is 6.42 Å². The minimum absolute atomic E-state index is 0.107. The van der Waals surface area contributed by atoms with Crippen LogP contribution in [0.2, 0.25) is 0 Å². The third-order valence-corrected chi connectivity index (χ3v) is 3.87. The van der Waals surface area contributed by atoms with Gasteiger partial charge in [0.2, 0.25) is 5.91 Å². The molecule has 0 radical (unpaired) electrons. The first kappa shape index (κ1) is 13.1. The number of carbonyl (C=O) groups is 1. The van der Waals surface area contributed by atoms with Gasteiger partial charge < -0.3 is 14.7 Å². The van der Waals surface area contributed by atoms with E-state index < -0.39 is 0 Å². The van der Waals surface area contributed by atoms with Gasteiger partial charge in [0.15, 0.2) is 5.58 Å². The number of benzene rings is 1. The first-order chi connectivity index (χ1) is 9.58. The molecule has 0 bridgehead atoms. The number of aromatic nitrogens is 1. The number of nitrogens with one attached hydrogen (secondary N) is 1. The topological polar surface area (TPSA) is 58.4 Å². The molecule has 3 rings (SSSR count). The highest BCUT2D eigenvalue weighted by Gasteiger charge is 2.33. The Kier molecular flexibility index (Phi) is 3.22. The fourth-order valence-electron chi connectivity index (χ4n) is 2.75. The summed E-state index contributed by atoms with van der Waals surface area (Å²) in [5, 5.41) is 8.28. The lowest BCUT2D eigenvalue weighted by molar-refractivity contribution is -0.137. The van der Waals surface area contributed by atoms with Gasteiger partial charge in [0.1, 0.15) is 5.69 Å². The molecule has 1 saturated heterocycles. The summed E-state index contributed by atoms with van der Waals surface area (Å²) in [5.41, 5.74) is 1.30. The molecule has 0 spiro atoms. The Labute approximate surface area is 117 Å². The van der Waals surface area contributed by atoms with E-state index in [4.69, 9.17) is 4.52 Å². The summed E-state index contributed by atoms with van der Waals surface area (Å²) in [7, 11) is 0. The number of carbonyl (C=O) groups excluding carboxylic acids is 1. The SMILES string of the molecule is CC1(C)CNCCN1C(=O)Cc1noc2ccccc12. The molecule has 5 nitrogen and oxygen atoms in total. The number of rotatable bonds is 2. The van der Waals surface area contributed by atoms with Gasteiger partial charge in [-0.05, 0) is 26.0 Å². The molecule has 20 heavy (non-hydrogen) atoms. The standard InChI is InChI=1S/C15H19N3O2/c1-15(2)10-16-7-8-18(15)14(19)9-12-11-5-3-4-6-13(11)20-17-12/h3-6,16H,7-10H2,1-2H3. The van der Waals surface area contributed by atoms with E-state index >= 15 is 0 Å². The van der Waals surface area contributed by atoms with Gasteiger partial charge in [-0.2, -0.15) is 0 Å². The number of nitrogens with zero attached hydrogens (tertiary/aromatic N) is 2. The smallest absolute Gasteiger partial charge is 0.229 e. The van der Waals surface area contributed by atoms with Crippen LogP contribution in [0, 0.1) is 0 Å². The molecule has 2 heterocycles. The van der Waals surface area contributed by atoms with Crippen LogP contribution in [0.25, 0.3) is 11.0 Å². The van der Waals surface area contributed by atoms with Crippen molar-refractivity contribution < 1.29 is 9.32 Å². The third kappa shape index (κ3) is 2.29. The fraction of sp³-hybridized carbons (Fsp3) is 0.467. The van der Waals surface area contributed by atoms with Gasteiger partial charge in [-0.25, -0.2) is 0 Å². The van der Waals surface area contributed by atoms with Crippen LogP contribution < -0.4 is 5.32 Å². The van der Waals surface area contributed by atoms with Crippen molar-refractivity contribution in [3.05, 3.63) is 30.0 Å². The number of amides is 1. The highest BCUT2D eigenvalue weighted by atomic mass is 16.5. The van der Waals surface area contributed by atoms with E-state index in [9.17, 15) is 4.79 Å². The van der Waals surface area contributed by atoms with Crippen LogP contribution in [0.3, 0.4) is 0 Å². The number of hydrogen-bond acceptors (Lipinski definition) is 4. The van der Waals surface area contributed by atoms with Crippen LogP contribution in [0.4, 0.5) is 0 Å². The predicted molar refractivity (Wildman–Crippen MR) is 76.4 cm³/mol. The van der Waals surface area contributed by atoms with Crippen molar-refractivity contribution in [1.82, 2.24) is 15.4 Å². The zero-order valence-electron chi connectivity index (χ0n) is 11.8.